The van der Waals surface area contributed by atoms with Crippen LogP contribution < -0.4 is 16.0 Å². The van der Waals surface area contributed by atoms with Crippen molar-refractivity contribution in [2.24, 2.45) is 5.92 Å². The molecule has 7 nitrogen and oxygen atoms in total. The van der Waals surface area contributed by atoms with Crippen LogP contribution in [0, 0.1) is 5.92 Å². The lowest BCUT2D eigenvalue weighted by atomic mass is 10.3. The number of urea groups is 1. The first-order valence-corrected chi connectivity index (χ1v) is 7.09. The summed E-state index contributed by atoms with van der Waals surface area (Å²) < 4.78 is 0. The maximum Gasteiger partial charge on any atom is 0.338 e. The van der Waals surface area contributed by atoms with Crippen molar-refractivity contribution in [1.82, 2.24) is 10.6 Å². The third-order valence-corrected chi connectivity index (χ3v) is 3.61. The lowest BCUT2D eigenvalue weighted by Gasteiger charge is -2.07. The third-order valence-electron chi connectivity index (χ3n) is 2.78. The maximum absolute atomic E-state index is 11.6. The molecule has 4 N–H and O–H groups in total. The third kappa shape index (κ3) is 3.95. The first kappa shape index (κ1) is 14.3. The predicted octanol–water partition coefficient (Wildman–Crippen LogP) is 1.09. The zero-order valence-corrected chi connectivity index (χ0v) is 11.5. The van der Waals surface area contributed by atoms with Gasteiger partial charge < -0.3 is 15.7 Å². The van der Waals surface area contributed by atoms with Gasteiger partial charge in [-0.1, -0.05) is 0 Å². The number of thiophene rings is 1. The van der Waals surface area contributed by atoms with E-state index in [0.29, 0.717) is 6.54 Å². The second-order valence-electron chi connectivity index (χ2n) is 4.41. The molecule has 1 heterocycles. The van der Waals surface area contributed by atoms with Crippen LogP contribution in [0.3, 0.4) is 0 Å². The van der Waals surface area contributed by atoms with Crippen LogP contribution >= 0.6 is 11.3 Å². The Labute approximate surface area is 119 Å². The summed E-state index contributed by atoms with van der Waals surface area (Å²) in [5, 5.41) is 18.5. The molecule has 0 saturated heterocycles. The molecule has 0 atom stereocenters. The number of carboxylic acids is 1. The van der Waals surface area contributed by atoms with E-state index in [1.165, 1.54) is 6.07 Å². The van der Waals surface area contributed by atoms with Crippen LogP contribution in [0.15, 0.2) is 11.4 Å². The number of carbonyl (C=O) groups is 3. The number of hydrogen-bond donors (Lipinski definition) is 4. The molecule has 0 spiro atoms. The number of aromatic carboxylic acids is 1. The molecule has 0 unspecified atom stereocenters. The van der Waals surface area contributed by atoms with Crippen LogP contribution in [0.25, 0.3) is 0 Å². The molecule has 1 aromatic heterocycles. The Kier molecular flexibility index (Phi) is 4.57. The molecular formula is C12H15N3O4S. The van der Waals surface area contributed by atoms with Gasteiger partial charge in [0.05, 0.1) is 5.56 Å². The van der Waals surface area contributed by atoms with E-state index >= 15 is 0 Å². The summed E-state index contributed by atoms with van der Waals surface area (Å²) in [5.74, 6) is -0.912. The van der Waals surface area contributed by atoms with Crippen LogP contribution in [0.5, 0.6) is 0 Å². The first-order chi connectivity index (χ1) is 9.58. The van der Waals surface area contributed by atoms with Crippen LogP contribution in [0.2, 0.25) is 0 Å². The predicted molar refractivity (Wildman–Crippen MR) is 74.0 cm³/mol. The lowest BCUT2D eigenvalue weighted by Crippen LogP contribution is -2.37. The largest absolute Gasteiger partial charge is 0.478 e. The Morgan fingerprint density at radius 2 is 1.95 bits per heavy atom. The van der Waals surface area contributed by atoms with Crippen molar-refractivity contribution in [2.45, 2.75) is 12.8 Å². The van der Waals surface area contributed by atoms with E-state index in [4.69, 9.17) is 5.11 Å². The summed E-state index contributed by atoms with van der Waals surface area (Å²) >= 11 is 1.14. The van der Waals surface area contributed by atoms with E-state index in [1.54, 1.807) is 5.38 Å². The normalized spacial score (nSPS) is 13.6. The van der Waals surface area contributed by atoms with Crippen molar-refractivity contribution in [1.29, 1.82) is 0 Å². The quantitative estimate of drug-likeness (QED) is 0.589. The average Bonchev–Trinajstić information content (AvgIpc) is 3.15. The van der Waals surface area contributed by atoms with Gasteiger partial charge in [-0.05, 0) is 24.3 Å². The number of carbonyl (C=O) groups excluding carboxylic acids is 2. The van der Waals surface area contributed by atoms with Gasteiger partial charge in [0.25, 0.3) is 0 Å². The molecule has 0 bridgehead atoms. The Balaban J connectivity index is 1.68. The standard InChI is InChI=1S/C12H15N3O4S/c16-9(7-1-2-7)13-4-5-14-12(19)15-10-8(11(17)18)3-6-20-10/h3,6-7H,1-2,4-5H2,(H,13,16)(H,17,18)(H2,14,15,19). The highest BCUT2D eigenvalue weighted by atomic mass is 32.1. The zero-order valence-electron chi connectivity index (χ0n) is 10.6. The Hall–Kier alpha value is -2.09. The molecule has 1 fully saturated rings. The molecule has 1 saturated carbocycles. The van der Waals surface area contributed by atoms with E-state index in [9.17, 15) is 14.4 Å². The van der Waals surface area contributed by atoms with Crippen molar-refractivity contribution in [3.05, 3.63) is 17.0 Å². The van der Waals surface area contributed by atoms with Gasteiger partial charge in [-0.3, -0.25) is 10.1 Å². The van der Waals surface area contributed by atoms with Crippen molar-refractivity contribution in [3.8, 4) is 0 Å². The highest BCUT2D eigenvalue weighted by Gasteiger charge is 2.28. The fourth-order valence-electron chi connectivity index (χ4n) is 1.57. The molecule has 8 heteroatoms. The average molecular weight is 297 g/mol. The molecular weight excluding hydrogens is 282 g/mol. The van der Waals surface area contributed by atoms with Crippen molar-refractivity contribution < 1.29 is 19.5 Å². The molecule has 0 radical (unpaired) electrons. The Morgan fingerprint density at radius 1 is 1.25 bits per heavy atom. The summed E-state index contributed by atoms with van der Waals surface area (Å²) in [4.78, 5) is 33.7. The maximum atomic E-state index is 11.6. The molecule has 2 rings (SSSR count). The Morgan fingerprint density at radius 3 is 2.60 bits per heavy atom. The summed E-state index contributed by atoms with van der Waals surface area (Å²) in [5.41, 5.74) is 0.0622. The Bertz CT molecular complexity index is 525. The van der Waals surface area contributed by atoms with Crippen LogP contribution in [-0.4, -0.2) is 36.1 Å². The molecule has 1 aromatic rings. The molecule has 1 aliphatic rings. The van der Waals surface area contributed by atoms with Crippen molar-refractivity contribution in [3.63, 3.8) is 0 Å². The number of carboxylic acid groups (broad SMARTS) is 1. The van der Waals surface area contributed by atoms with E-state index in [1.807, 2.05) is 0 Å². The van der Waals surface area contributed by atoms with Crippen LogP contribution in [0.4, 0.5) is 9.80 Å². The van der Waals surface area contributed by atoms with E-state index in [0.717, 1.165) is 24.2 Å². The minimum absolute atomic E-state index is 0.0265. The second kappa shape index (κ2) is 6.38. The molecule has 1 aliphatic carbocycles. The lowest BCUT2D eigenvalue weighted by molar-refractivity contribution is -0.122. The summed E-state index contributed by atoms with van der Waals surface area (Å²) in [6.45, 7) is 0.650. The number of nitrogens with one attached hydrogen (secondary N) is 3. The first-order valence-electron chi connectivity index (χ1n) is 6.21. The smallest absolute Gasteiger partial charge is 0.338 e. The minimum atomic E-state index is -1.08. The van der Waals surface area contributed by atoms with Crippen molar-refractivity contribution >= 4 is 34.2 Å². The molecule has 3 amide bonds. The van der Waals surface area contributed by atoms with Gasteiger partial charge >= 0.3 is 12.0 Å². The van der Waals surface area contributed by atoms with E-state index < -0.39 is 12.0 Å². The summed E-state index contributed by atoms with van der Waals surface area (Å²) in [6.07, 6.45) is 1.88. The SMILES string of the molecule is O=C(NCCNC(=O)C1CC1)Nc1sccc1C(=O)O. The highest BCUT2D eigenvalue weighted by molar-refractivity contribution is 7.14. The van der Waals surface area contributed by atoms with Crippen LogP contribution in [-0.2, 0) is 4.79 Å². The van der Waals surface area contributed by atoms with Gasteiger partial charge in [-0.15, -0.1) is 11.3 Å². The van der Waals surface area contributed by atoms with Gasteiger partial charge in [0.2, 0.25) is 5.91 Å². The highest BCUT2D eigenvalue weighted by Crippen LogP contribution is 2.28. The van der Waals surface area contributed by atoms with Gasteiger partial charge in [0, 0.05) is 19.0 Å². The van der Waals surface area contributed by atoms with E-state index in [-0.39, 0.29) is 28.9 Å². The van der Waals surface area contributed by atoms with Gasteiger partial charge in [0.15, 0.2) is 0 Å². The summed E-state index contributed by atoms with van der Waals surface area (Å²) in [7, 11) is 0. The minimum Gasteiger partial charge on any atom is -0.478 e. The number of hydrogen-bond acceptors (Lipinski definition) is 4. The van der Waals surface area contributed by atoms with Gasteiger partial charge in [0.1, 0.15) is 5.00 Å². The van der Waals surface area contributed by atoms with Crippen LogP contribution in [0.1, 0.15) is 23.2 Å². The molecule has 0 aromatic carbocycles. The fourth-order valence-corrected chi connectivity index (χ4v) is 2.35. The summed E-state index contributed by atoms with van der Waals surface area (Å²) in [6, 6.07) is 0.939. The van der Waals surface area contributed by atoms with E-state index in [2.05, 4.69) is 16.0 Å². The van der Waals surface area contributed by atoms with Gasteiger partial charge in [-0.25, -0.2) is 9.59 Å². The zero-order chi connectivity index (χ0) is 14.5. The topological polar surface area (TPSA) is 108 Å². The number of anilines is 1. The molecule has 108 valence electrons. The molecule has 0 aliphatic heterocycles. The second-order valence-corrected chi connectivity index (χ2v) is 5.33. The monoisotopic (exact) mass is 297 g/mol. The number of rotatable bonds is 6. The van der Waals surface area contributed by atoms with Gasteiger partial charge in [-0.2, -0.15) is 0 Å². The van der Waals surface area contributed by atoms with Crippen molar-refractivity contribution in [2.75, 3.05) is 18.4 Å². The fraction of sp³-hybridized carbons (Fsp3) is 0.417. The molecule has 20 heavy (non-hydrogen) atoms. The number of amides is 3.